The molecule has 0 aliphatic carbocycles. The molecule has 0 radical (unpaired) electrons. The SMILES string of the molecule is CC(C)NC(=O)c1ccc(Cl)cc1NC(=O)COc1ccc(I)cc1. The zero-order chi connectivity index (χ0) is 18.4. The first-order valence-electron chi connectivity index (χ1n) is 7.64. The second-order valence-electron chi connectivity index (χ2n) is 5.61. The predicted octanol–water partition coefficient (Wildman–Crippen LogP) is 4.10. The highest BCUT2D eigenvalue weighted by Gasteiger charge is 2.15. The highest BCUT2D eigenvalue weighted by atomic mass is 127. The Labute approximate surface area is 165 Å². The lowest BCUT2D eigenvalue weighted by Crippen LogP contribution is -2.31. The number of carbonyl (C=O) groups is 2. The van der Waals surface area contributed by atoms with Crippen LogP contribution in [0.3, 0.4) is 0 Å². The van der Waals surface area contributed by atoms with Gasteiger partial charge in [-0.2, -0.15) is 0 Å². The minimum absolute atomic E-state index is 0.0176. The van der Waals surface area contributed by atoms with Gasteiger partial charge in [-0.15, -0.1) is 0 Å². The number of hydrogen-bond donors (Lipinski definition) is 2. The molecule has 0 saturated heterocycles. The molecule has 0 aliphatic rings. The molecule has 0 aliphatic heterocycles. The highest BCUT2D eigenvalue weighted by molar-refractivity contribution is 14.1. The zero-order valence-corrected chi connectivity index (χ0v) is 16.7. The van der Waals surface area contributed by atoms with Gasteiger partial charge in [0, 0.05) is 14.6 Å². The first-order valence-corrected chi connectivity index (χ1v) is 9.09. The van der Waals surface area contributed by atoms with Crippen molar-refractivity contribution in [2.75, 3.05) is 11.9 Å². The number of hydrogen-bond acceptors (Lipinski definition) is 3. The summed E-state index contributed by atoms with van der Waals surface area (Å²) in [5.41, 5.74) is 0.697. The third kappa shape index (κ3) is 6.21. The second kappa shape index (κ2) is 9.05. The molecule has 0 saturated carbocycles. The Kier molecular flexibility index (Phi) is 7.07. The zero-order valence-electron chi connectivity index (χ0n) is 13.8. The van der Waals surface area contributed by atoms with Crippen LogP contribution in [0.15, 0.2) is 42.5 Å². The summed E-state index contributed by atoms with van der Waals surface area (Å²) >= 11 is 8.17. The van der Waals surface area contributed by atoms with Crippen molar-refractivity contribution in [2.24, 2.45) is 0 Å². The van der Waals surface area contributed by atoms with Gasteiger partial charge in [0.05, 0.1) is 11.3 Å². The van der Waals surface area contributed by atoms with Crippen molar-refractivity contribution < 1.29 is 14.3 Å². The molecule has 25 heavy (non-hydrogen) atoms. The van der Waals surface area contributed by atoms with Crippen LogP contribution in [0.1, 0.15) is 24.2 Å². The van der Waals surface area contributed by atoms with Crippen LogP contribution in [0.5, 0.6) is 5.75 Å². The van der Waals surface area contributed by atoms with Gasteiger partial charge in [-0.3, -0.25) is 9.59 Å². The Morgan fingerprint density at radius 2 is 1.84 bits per heavy atom. The summed E-state index contributed by atoms with van der Waals surface area (Å²) < 4.78 is 6.52. The lowest BCUT2D eigenvalue weighted by atomic mass is 10.1. The standard InChI is InChI=1S/C18H18ClIN2O3/c1-11(2)21-18(24)15-8-3-12(19)9-16(15)22-17(23)10-25-14-6-4-13(20)5-7-14/h3-9,11H,10H2,1-2H3,(H,21,24)(H,22,23). The smallest absolute Gasteiger partial charge is 0.262 e. The Hall–Kier alpha value is -1.80. The van der Waals surface area contributed by atoms with Crippen molar-refractivity contribution >= 4 is 51.7 Å². The van der Waals surface area contributed by atoms with Gasteiger partial charge in [0.25, 0.3) is 11.8 Å². The van der Waals surface area contributed by atoms with E-state index in [2.05, 4.69) is 33.2 Å². The Balaban J connectivity index is 2.05. The summed E-state index contributed by atoms with van der Waals surface area (Å²) in [4.78, 5) is 24.4. The molecule has 0 bridgehead atoms. The Bertz CT molecular complexity index is 763. The molecular formula is C18H18ClIN2O3. The van der Waals surface area contributed by atoms with Crippen LogP contribution in [0.4, 0.5) is 5.69 Å². The number of nitrogens with one attached hydrogen (secondary N) is 2. The van der Waals surface area contributed by atoms with E-state index in [4.69, 9.17) is 16.3 Å². The molecule has 0 atom stereocenters. The average Bonchev–Trinajstić information content (AvgIpc) is 2.53. The first kappa shape index (κ1) is 19.5. The number of amides is 2. The van der Waals surface area contributed by atoms with Crippen LogP contribution >= 0.6 is 34.2 Å². The maximum absolute atomic E-state index is 12.2. The Morgan fingerprint density at radius 1 is 1.16 bits per heavy atom. The van der Waals surface area contributed by atoms with Crippen LogP contribution < -0.4 is 15.4 Å². The van der Waals surface area contributed by atoms with Crippen LogP contribution in [0.2, 0.25) is 5.02 Å². The fourth-order valence-corrected chi connectivity index (χ4v) is 2.56. The van der Waals surface area contributed by atoms with Crippen molar-refractivity contribution in [1.82, 2.24) is 5.32 Å². The van der Waals surface area contributed by atoms with Crippen LogP contribution in [0.25, 0.3) is 0 Å². The van der Waals surface area contributed by atoms with E-state index in [0.29, 0.717) is 22.0 Å². The number of halogens is 2. The number of rotatable bonds is 6. The van der Waals surface area contributed by atoms with Crippen molar-refractivity contribution in [3.05, 3.63) is 56.6 Å². The third-order valence-electron chi connectivity index (χ3n) is 3.10. The minimum Gasteiger partial charge on any atom is -0.484 e. The summed E-state index contributed by atoms with van der Waals surface area (Å²) in [5, 5.41) is 5.89. The van der Waals surface area contributed by atoms with Gasteiger partial charge in [0.1, 0.15) is 5.75 Å². The number of benzene rings is 2. The molecule has 7 heteroatoms. The minimum atomic E-state index is -0.376. The second-order valence-corrected chi connectivity index (χ2v) is 7.29. The number of ether oxygens (including phenoxy) is 1. The summed E-state index contributed by atoms with van der Waals surface area (Å²) in [6, 6.07) is 12.1. The van der Waals surface area contributed by atoms with Gasteiger partial charge in [0.15, 0.2) is 6.61 Å². The largest absolute Gasteiger partial charge is 0.484 e. The molecule has 0 fully saturated rings. The monoisotopic (exact) mass is 472 g/mol. The van der Waals surface area contributed by atoms with Crippen molar-refractivity contribution in [2.45, 2.75) is 19.9 Å². The topological polar surface area (TPSA) is 67.4 Å². The Morgan fingerprint density at radius 3 is 2.48 bits per heavy atom. The van der Waals surface area contributed by atoms with Gasteiger partial charge in [-0.25, -0.2) is 0 Å². The molecule has 2 rings (SSSR count). The van der Waals surface area contributed by atoms with E-state index in [9.17, 15) is 9.59 Å². The van der Waals surface area contributed by atoms with E-state index in [-0.39, 0.29) is 24.5 Å². The summed E-state index contributed by atoms with van der Waals surface area (Å²) in [5.74, 6) is -0.0561. The first-order chi connectivity index (χ1) is 11.8. The maximum atomic E-state index is 12.2. The molecule has 2 amide bonds. The van der Waals surface area contributed by atoms with Crippen molar-refractivity contribution in [3.8, 4) is 5.75 Å². The summed E-state index contributed by atoms with van der Waals surface area (Å²) in [6.45, 7) is 3.56. The molecule has 2 N–H and O–H groups in total. The normalized spacial score (nSPS) is 10.4. The van der Waals surface area contributed by atoms with Gasteiger partial charge in [-0.1, -0.05) is 11.6 Å². The van der Waals surface area contributed by atoms with Gasteiger partial charge >= 0.3 is 0 Å². The lowest BCUT2D eigenvalue weighted by Gasteiger charge is -2.14. The van der Waals surface area contributed by atoms with Crippen LogP contribution in [-0.4, -0.2) is 24.5 Å². The molecule has 2 aromatic rings. The fourth-order valence-electron chi connectivity index (χ4n) is 2.02. The van der Waals surface area contributed by atoms with Crippen LogP contribution in [0, 0.1) is 3.57 Å². The van der Waals surface area contributed by atoms with Crippen molar-refractivity contribution in [1.29, 1.82) is 0 Å². The van der Waals surface area contributed by atoms with Gasteiger partial charge in [0.2, 0.25) is 0 Å². The maximum Gasteiger partial charge on any atom is 0.262 e. The number of carbonyl (C=O) groups excluding carboxylic acids is 2. The average molecular weight is 473 g/mol. The van der Waals surface area contributed by atoms with Gasteiger partial charge in [-0.05, 0) is 78.9 Å². The summed E-state index contributed by atoms with van der Waals surface area (Å²) in [6.07, 6.45) is 0. The van der Waals surface area contributed by atoms with E-state index in [1.807, 2.05) is 26.0 Å². The molecule has 0 heterocycles. The third-order valence-corrected chi connectivity index (χ3v) is 4.06. The molecular weight excluding hydrogens is 455 g/mol. The summed E-state index contributed by atoms with van der Waals surface area (Å²) in [7, 11) is 0. The lowest BCUT2D eigenvalue weighted by molar-refractivity contribution is -0.118. The molecule has 0 spiro atoms. The van der Waals surface area contributed by atoms with E-state index in [1.54, 1.807) is 30.3 Å². The molecule has 132 valence electrons. The van der Waals surface area contributed by atoms with Gasteiger partial charge < -0.3 is 15.4 Å². The van der Waals surface area contributed by atoms with E-state index in [1.165, 1.54) is 0 Å². The molecule has 5 nitrogen and oxygen atoms in total. The van der Waals surface area contributed by atoms with E-state index in [0.717, 1.165) is 3.57 Å². The van der Waals surface area contributed by atoms with Crippen LogP contribution in [-0.2, 0) is 4.79 Å². The molecule has 0 aromatic heterocycles. The highest BCUT2D eigenvalue weighted by Crippen LogP contribution is 2.21. The predicted molar refractivity (Wildman–Crippen MR) is 107 cm³/mol. The number of anilines is 1. The molecule has 2 aromatic carbocycles. The fraction of sp³-hybridized carbons (Fsp3) is 0.222. The molecule has 0 unspecified atom stereocenters. The quantitative estimate of drug-likeness (QED) is 0.622. The van der Waals surface area contributed by atoms with Crippen molar-refractivity contribution in [3.63, 3.8) is 0 Å². The van der Waals surface area contributed by atoms with E-state index >= 15 is 0 Å². The van der Waals surface area contributed by atoms with E-state index < -0.39 is 0 Å².